The van der Waals surface area contributed by atoms with Crippen LogP contribution in [0.4, 0.5) is 0 Å². The van der Waals surface area contributed by atoms with Gasteiger partial charge in [-0.05, 0) is 0 Å². The van der Waals surface area contributed by atoms with E-state index in [9.17, 15) is 5.11 Å². The summed E-state index contributed by atoms with van der Waals surface area (Å²) in [6.45, 7) is 0. The average Bonchev–Trinajstić information content (AvgIpc) is 2.27. The molecule has 1 aromatic heterocycles. The summed E-state index contributed by atoms with van der Waals surface area (Å²) in [5, 5.41) is 16.9. The molecule has 0 fully saturated rings. The number of benzene rings is 1. The summed E-state index contributed by atoms with van der Waals surface area (Å²) in [6.07, 6.45) is 0. The first kappa shape index (κ1) is 10.2. The molecule has 2 rings (SSSR count). The molecule has 1 N–H and O–H groups in total. The zero-order valence-corrected chi connectivity index (χ0v) is 9.00. The molecule has 15 heavy (non-hydrogen) atoms. The normalized spacial score (nSPS) is 10.3. The van der Waals surface area contributed by atoms with Gasteiger partial charge >= 0.3 is 0 Å². The summed E-state index contributed by atoms with van der Waals surface area (Å²) >= 11 is 11.5. The van der Waals surface area contributed by atoms with Crippen LogP contribution in [0.15, 0.2) is 30.3 Å². The molecule has 76 valence electrons. The third-order valence-electron chi connectivity index (χ3n) is 1.90. The van der Waals surface area contributed by atoms with Crippen molar-refractivity contribution in [2.75, 3.05) is 0 Å². The van der Waals surface area contributed by atoms with Gasteiger partial charge in [-0.2, -0.15) is 0 Å². The summed E-state index contributed by atoms with van der Waals surface area (Å²) in [5.41, 5.74) is 1.20. The standard InChI is InChI=1S/C10H6Cl2N2O/c11-7-8(6-4-2-1-3-5-6)13-14-10(12)9(7)15/h1-5H,(H,13,15). The smallest absolute Gasteiger partial charge is 0.195 e. The maximum atomic E-state index is 9.48. The van der Waals surface area contributed by atoms with Crippen LogP contribution in [0.2, 0.25) is 10.2 Å². The minimum Gasteiger partial charge on any atom is -0.504 e. The Bertz CT molecular complexity index is 488. The van der Waals surface area contributed by atoms with Gasteiger partial charge in [0.1, 0.15) is 10.7 Å². The van der Waals surface area contributed by atoms with Crippen molar-refractivity contribution in [1.29, 1.82) is 0 Å². The van der Waals surface area contributed by atoms with E-state index in [1.807, 2.05) is 30.3 Å². The summed E-state index contributed by atoms with van der Waals surface area (Å²) in [6, 6.07) is 9.21. The Morgan fingerprint density at radius 3 is 2.33 bits per heavy atom. The topological polar surface area (TPSA) is 46.0 Å². The molecular formula is C10H6Cl2N2O. The molecule has 0 amide bonds. The van der Waals surface area contributed by atoms with Gasteiger partial charge in [-0.25, -0.2) is 0 Å². The Balaban J connectivity index is 2.60. The Morgan fingerprint density at radius 1 is 1.00 bits per heavy atom. The molecule has 0 aliphatic heterocycles. The van der Waals surface area contributed by atoms with Crippen LogP contribution in [0.1, 0.15) is 0 Å². The number of rotatable bonds is 1. The average molecular weight is 241 g/mol. The second-order valence-electron chi connectivity index (χ2n) is 2.87. The van der Waals surface area contributed by atoms with Gasteiger partial charge in [-0.3, -0.25) is 0 Å². The number of aromatic nitrogens is 2. The molecule has 0 saturated heterocycles. The van der Waals surface area contributed by atoms with Crippen LogP contribution in [0, 0.1) is 0 Å². The van der Waals surface area contributed by atoms with Crippen LogP contribution in [0.25, 0.3) is 11.3 Å². The Kier molecular flexibility index (Phi) is 2.75. The molecule has 5 heteroatoms. The summed E-state index contributed by atoms with van der Waals surface area (Å²) in [4.78, 5) is 0. The molecule has 0 radical (unpaired) electrons. The monoisotopic (exact) mass is 240 g/mol. The van der Waals surface area contributed by atoms with Gasteiger partial charge in [0.25, 0.3) is 0 Å². The van der Waals surface area contributed by atoms with Gasteiger partial charge in [-0.1, -0.05) is 53.5 Å². The zero-order valence-electron chi connectivity index (χ0n) is 7.48. The molecule has 0 unspecified atom stereocenters. The lowest BCUT2D eigenvalue weighted by molar-refractivity contribution is 0.471. The molecule has 1 aromatic carbocycles. The van der Waals surface area contributed by atoms with Crippen molar-refractivity contribution in [3.05, 3.63) is 40.5 Å². The van der Waals surface area contributed by atoms with Gasteiger partial charge in [0.15, 0.2) is 10.9 Å². The highest BCUT2D eigenvalue weighted by Crippen LogP contribution is 2.35. The van der Waals surface area contributed by atoms with Crippen molar-refractivity contribution < 1.29 is 5.11 Å². The first-order valence-electron chi connectivity index (χ1n) is 4.16. The molecule has 0 spiro atoms. The lowest BCUT2D eigenvalue weighted by Crippen LogP contribution is -1.90. The van der Waals surface area contributed by atoms with Crippen LogP contribution in [-0.4, -0.2) is 15.3 Å². The van der Waals surface area contributed by atoms with Crippen molar-refractivity contribution in [2.24, 2.45) is 0 Å². The molecule has 1 heterocycles. The van der Waals surface area contributed by atoms with Gasteiger partial charge in [0.05, 0.1) is 0 Å². The van der Waals surface area contributed by atoms with Crippen molar-refractivity contribution in [3.8, 4) is 17.0 Å². The molecule has 0 aliphatic carbocycles. The Hall–Kier alpha value is -1.32. The molecule has 0 aliphatic rings. The predicted octanol–water partition coefficient (Wildman–Crippen LogP) is 3.16. The van der Waals surface area contributed by atoms with E-state index in [1.54, 1.807) is 0 Å². The third-order valence-corrected chi connectivity index (χ3v) is 2.51. The van der Waals surface area contributed by atoms with Crippen LogP contribution in [-0.2, 0) is 0 Å². The van der Waals surface area contributed by atoms with E-state index in [4.69, 9.17) is 23.2 Å². The summed E-state index contributed by atoms with van der Waals surface area (Å²) < 4.78 is 0. The quantitative estimate of drug-likeness (QED) is 0.833. The molecule has 0 bridgehead atoms. The highest BCUT2D eigenvalue weighted by Gasteiger charge is 2.13. The van der Waals surface area contributed by atoms with Crippen LogP contribution >= 0.6 is 23.2 Å². The number of nitrogens with zero attached hydrogens (tertiary/aromatic N) is 2. The molecule has 0 saturated carbocycles. The van der Waals surface area contributed by atoms with Crippen molar-refractivity contribution in [2.45, 2.75) is 0 Å². The zero-order chi connectivity index (χ0) is 10.8. The van der Waals surface area contributed by atoms with E-state index in [0.29, 0.717) is 5.69 Å². The first-order chi connectivity index (χ1) is 7.20. The minimum atomic E-state index is -0.243. The van der Waals surface area contributed by atoms with E-state index in [1.165, 1.54) is 0 Å². The molecule has 3 nitrogen and oxygen atoms in total. The first-order valence-corrected chi connectivity index (χ1v) is 4.92. The van der Waals surface area contributed by atoms with Crippen LogP contribution in [0.3, 0.4) is 0 Å². The van der Waals surface area contributed by atoms with Gasteiger partial charge in [-0.15, -0.1) is 10.2 Å². The number of hydrogen-bond acceptors (Lipinski definition) is 3. The van der Waals surface area contributed by atoms with Crippen molar-refractivity contribution >= 4 is 23.2 Å². The fraction of sp³-hybridized carbons (Fsp3) is 0. The highest BCUT2D eigenvalue weighted by atomic mass is 35.5. The van der Waals surface area contributed by atoms with Crippen LogP contribution < -0.4 is 0 Å². The summed E-state index contributed by atoms with van der Waals surface area (Å²) in [5.74, 6) is -0.243. The van der Waals surface area contributed by atoms with E-state index < -0.39 is 0 Å². The maximum Gasteiger partial charge on any atom is 0.195 e. The van der Waals surface area contributed by atoms with Gasteiger partial charge in [0.2, 0.25) is 0 Å². The largest absolute Gasteiger partial charge is 0.504 e. The minimum absolute atomic E-state index is 0.0975. The van der Waals surface area contributed by atoms with Gasteiger partial charge in [0, 0.05) is 5.56 Å². The van der Waals surface area contributed by atoms with Gasteiger partial charge < -0.3 is 5.11 Å². The lowest BCUT2D eigenvalue weighted by atomic mass is 10.1. The Morgan fingerprint density at radius 2 is 1.67 bits per heavy atom. The molecule has 0 atom stereocenters. The number of hydrogen-bond donors (Lipinski definition) is 1. The third kappa shape index (κ3) is 1.89. The van der Waals surface area contributed by atoms with E-state index >= 15 is 0 Å². The van der Waals surface area contributed by atoms with Crippen molar-refractivity contribution in [1.82, 2.24) is 10.2 Å². The molecule has 2 aromatic rings. The lowest BCUT2D eigenvalue weighted by Gasteiger charge is -2.04. The second kappa shape index (κ2) is 4.04. The number of aromatic hydroxyl groups is 1. The van der Waals surface area contributed by atoms with Crippen molar-refractivity contribution in [3.63, 3.8) is 0 Å². The Labute approximate surface area is 96.3 Å². The molecular weight excluding hydrogens is 235 g/mol. The van der Waals surface area contributed by atoms with E-state index in [-0.39, 0.29) is 15.9 Å². The number of halogens is 2. The highest BCUT2D eigenvalue weighted by molar-refractivity contribution is 6.37. The predicted molar refractivity (Wildman–Crippen MR) is 59.2 cm³/mol. The second-order valence-corrected chi connectivity index (χ2v) is 3.60. The van der Waals surface area contributed by atoms with E-state index in [2.05, 4.69) is 10.2 Å². The fourth-order valence-electron chi connectivity index (χ4n) is 1.17. The van der Waals surface area contributed by atoms with Crippen LogP contribution in [0.5, 0.6) is 5.75 Å². The fourth-order valence-corrected chi connectivity index (χ4v) is 1.59. The SMILES string of the molecule is Oc1c(Cl)nnc(-c2ccccc2)c1Cl. The van der Waals surface area contributed by atoms with E-state index in [0.717, 1.165) is 5.56 Å². The maximum absolute atomic E-state index is 9.48. The summed E-state index contributed by atoms with van der Waals surface area (Å²) in [7, 11) is 0.